The largest absolute Gasteiger partial charge is 0.423 e. The van der Waals surface area contributed by atoms with E-state index in [4.69, 9.17) is 9.15 Å². The summed E-state index contributed by atoms with van der Waals surface area (Å²) in [4.78, 5) is 14.5. The summed E-state index contributed by atoms with van der Waals surface area (Å²) in [5, 5.41) is 1.09. The summed E-state index contributed by atoms with van der Waals surface area (Å²) in [6.07, 6.45) is 5.87. The lowest BCUT2D eigenvalue weighted by Gasteiger charge is -2.45. The molecule has 4 rings (SSSR count). The van der Waals surface area contributed by atoms with Gasteiger partial charge in [-0.2, -0.15) is 0 Å². The fraction of sp³-hybridized carbons (Fsp3) is 0.571. The molecule has 0 unspecified atom stereocenters. The predicted octanol–water partition coefficient (Wildman–Crippen LogP) is 3.75. The molecule has 0 amide bonds. The molecule has 4 heteroatoms. The first-order chi connectivity index (χ1) is 12.2. The zero-order valence-corrected chi connectivity index (χ0v) is 15.1. The standard InChI is InChI=1S/C21H27NO3/c1-2-16-4-5-19-18(12-16)17(13-20(23)25-19)14-22-9-3-6-21(15-22)7-10-24-11-8-21/h4-5,12-13H,2-3,6-11,14-15H2,1H3. The van der Waals surface area contributed by atoms with Gasteiger partial charge in [-0.3, -0.25) is 4.90 Å². The number of nitrogens with zero attached hydrogens (tertiary/aromatic N) is 1. The predicted molar refractivity (Wildman–Crippen MR) is 98.9 cm³/mol. The van der Waals surface area contributed by atoms with Gasteiger partial charge in [-0.25, -0.2) is 4.79 Å². The molecule has 2 aromatic rings. The van der Waals surface area contributed by atoms with Crippen molar-refractivity contribution >= 4 is 11.0 Å². The van der Waals surface area contributed by atoms with E-state index < -0.39 is 0 Å². The Bertz CT molecular complexity index is 799. The van der Waals surface area contributed by atoms with Crippen LogP contribution >= 0.6 is 0 Å². The van der Waals surface area contributed by atoms with E-state index >= 15 is 0 Å². The van der Waals surface area contributed by atoms with Gasteiger partial charge in [0.1, 0.15) is 5.58 Å². The van der Waals surface area contributed by atoms with Crippen LogP contribution in [0.3, 0.4) is 0 Å². The number of hydrogen-bond acceptors (Lipinski definition) is 4. The van der Waals surface area contributed by atoms with Gasteiger partial charge in [-0.05, 0) is 67.3 Å². The van der Waals surface area contributed by atoms with Crippen molar-refractivity contribution in [3.05, 3.63) is 45.8 Å². The molecule has 0 N–H and O–H groups in total. The number of aryl methyl sites for hydroxylation is 1. The van der Waals surface area contributed by atoms with E-state index in [9.17, 15) is 4.79 Å². The van der Waals surface area contributed by atoms with Gasteiger partial charge in [0, 0.05) is 37.8 Å². The normalized spacial score (nSPS) is 21.0. The summed E-state index contributed by atoms with van der Waals surface area (Å²) < 4.78 is 11.0. The average molecular weight is 341 g/mol. The minimum atomic E-state index is -0.246. The van der Waals surface area contributed by atoms with Crippen LogP contribution in [0.25, 0.3) is 11.0 Å². The summed E-state index contributed by atoms with van der Waals surface area (Å²) in [6, 6.07) is 7.86. The Labute approximate surface area is 148 Å². The van der Waals surface area contributed by atoms with Gasteiger partial charge in [0.15, 0.2) is 0 Å². The Morgan fingerprint density at radius 1 is 1.16 bits per heavy atom. The number of hydrogen-bond donors (Lipinski definition) is 0. The molecule has 2 aliphatic heterocycles. The lowest BCUT2D eigenvalue weighted by atomic mass is 9.74. The Morgan fingerprint density at radius 3 is 2.80 bits per heavy atom. The van der Waals surface area contributed by atoms with Crippen LogP contribution in [0.1, 0.15) is 43.7 Å². The highest BCUT2D eigenvalue weighted by atomic mass is 16.5. The van der Waals surface area contributed by atoms with E-state index in [2.05, 4.69) is 17.9 Å². The highest BCUT2D eigenvalue weighted by Gasteiger charge is 2.36. The lowest BCUT2D eigenvalue weighted by Crippen LogP contribution is -2.45. The first-order valence-corrected chi connectivity index (χ1v) is 9.53. The van der Waals surface area contributed by atoms with E-state index in [1.165, 1.54) is 31.2 Å². The monoisotopic (exact) mass is 341 g/mol. The molecule has 0 bridgehead atoms. The first-order valence-electron chi connectivity index (χ1n) is 9.53. The molecule has 0 saturated carbocycles. The Morgan fingerprint density at radius 2 is 2.00 bits per heavy atom. The quantitative estimate of drug-likeness (QED) is 0.798. The van der Waals surface area contributed by atoms with Gasteiger partial charge in [-0.15, -0.1) is 0 Å². The molecule has 25 heavy (non-hydrogen) atoms. The van der Waals surface area contributed by atoms with Gasteiger partial charge in [0.2, 0.25) is 0 Å². The molecule has 2 saturated heterocycles. The molecule has 0 aliphatic carbocycles. The third-order valence-electron chi connectivity index (χ3n) is 5.99. The molecule has 0 radical (unpaired) electrons. The molecule has 1 aromatic carbocycles. The molecule has 1 aromatic heterocycles. The fourth-order valence-electron chi connectivity index (χ4n) is 4.52. The van der Waals surface area contributed by atoms with E-state index in [1.807, 2.05) is 12.1 Å². The third kappa shape index (κ3) is 3.51. The molecule has 134 valence electrons. The van der Waals surface area contributed by atoms with Crippen LogP contribution in [0.15, 0.2) is 33.5 Å². The summed E-state index contributed by atoms with van der Waals surface area (Å²) in [6.45, 7) is 7.00. The van der Waals surface area contributed by atoms with Crippen LogP contribution in [0, 0.1) is 5.41 Å². The zero-order chi connectivity index (χ0) is 17.3. The Hall–Kier alpha value is -1.65. The Kier molecular flexibility index (Phi) is 4.65. The van der Waals surface area contributed by atoms with Crippen LogP contribution in [-0.4, -0.2) is 31.2 Å². The van der Waals surface area contributed by atoms with Crippen molar-refractivity contribution in [1.82, 2.24) is 4.90 Å². The van der Waals surface area contributed by atoms with Crippen LogP contribution < -0.4 is 5.63 Å². The molecule has 2 aliphatic rings. The number of benzene rings is 1. The topological polar surface area (TPSA) is 42.7 Å². The van der Waals surface area contributed by atoms with E-state index in [1.54, 1.807) is 6.07 Å². The van der Waals surface area contributed by atoms with Crippen molar-refractivity contribution in [3.8, 4) is 0 Å². The number of likely N-dealkylation sites (tertiary alicyclic amines) is 1. The Balaban J connectivity index is 1.62. The SMILES string of the molecule is CCc1ccc2oc(=O)cc(CN3CCCC4(CCOCC4)C3)c2c1. The second kappa shape index (κ2) is 6.93. The van der Waals surface area contributed by atoms with Gasteiger partial charge >= 0.3 is 5.63 Å². The van der Waals surface area contributed by atoms with E-state index in [-0.39, 0.29) is 5.63 Å². The maximum absolute atomic E-state index is 12.0. The molecule has 1 spiro atoms. The summed E-state index contributed by atoms with van der Waals surface area (Å²) in [5.74, 6) is 0. The molecular formula is C21H27NO3. The van der Waals surface area contributed by atoms with Gasteiger partial charge in [0.25, 0.3) is 0 Å². The molecule has 0 atom stereocenters. The van der Waals surface area contributed by atoms with Crippen molar-refractivity contribution in [3.63, 3.8) is 0 Å². The second-order valence-electron chi connectivity index (χ2n) is 7.70. The highest BCUT2D eigenvalue weighted by molar-refractivity contribution is 5.80. The number of piperidine rings is 1. The first kappa shape index (κ1) is 16.8. The number of ether oxygens (including phenoxy) is 1. The van der Waals surface area contributed by atoms with Crippen molar-refractivity contribution in [1.29, 1.82) is 0 Å². The van der Waals surface area contributed by atoms with Crippen LogP contribution in [0.5, 0.6) is 0 Å². The summed E-state index contributed by atoms with van der Waals surface area (Å²) in [5.41, 5.74) is 3.26. The lowest BCUT2D eigenvalue weighted by molar-refractivity contribution is -0.0290. The van der Waals surface area contributed by atoms with Crippen molar-refractivity contribution in [2.45, 2.75) is 45.6 Å². The van der Waals surface area contributed by atoms with Crippen molar-refractivity contribution < 1.29 is 9.15 Å². The second-order valence-corrected chi connectivity index (χ2v) is 7.70. The maximum atomic E-state index is 12.0. The molecule has 3 heterocycles. The number of rotatable bonds is 3. The van der Waals surface area contributed by atoms with Gasteiger partial charge in [0.05, 0.1) is 0 Å². The van der Waals surface area contributed by atoms with Crippen molar-refractivity contribution in [2.24, 2.45) is 5.41 Å². The minimum Gasteiger partial charge on any atom is -0.423 e. The van der Waals surface area contributed by atoms with Gasteiger partial charge in [-0.1, -0.05) is 13.0 Å². The van der Waals surface area contributed by atoms with Crippen LogP contribution in [0.2, 0.25) is 0 Å². The molecule has 2 fully saturated rings. The zero-order valence-electron chi connectivity index (χ0n) is 15.1. The number of fused-ring (bicyclic) bond motifs is 1. The maximum Gasteiger partial charge on any atom is 0.336 e. The molecular weight excluding hydrogens is 314 g/mol. The fourth-order valence-corrected chi connectivity index (χ4v) is 4.52. The molecule has 4 nitrogen and oxygen atoms in total. The summed E-state index contributed by atoms with van der Waals surface area (Å²) in [7, 11) is 0. The third-order valence-corrected chi connectivity index (χ3v) is 5.99. The van der Waals surface area contributed by atoms with E-state index in [0.717, 1.165) is 50.2 Å². The highest BCUT2D eigenvalue weighted by Crippen LogP contribution is 2.39. The van der Waals surface area contributed by atoms with E-state index in [0.29, 0.717) is 11.0 Å². The van der Waals surface area contributed by atoms with Crippen LogP contribution in [-0.2, 0) is 17.7 Å². The van der Waals surface area contributed by atoms with Crippen molar-refractivity contribution in [2.75, 3.05) is 26.3 Å². The average Bonchev–Trinajstić information content (AvgIpc) is 2.62. The summed E-state index contributed by atoms with van der Waals surface area (Å²) >= 11 is 0. The van der Waals surface area contributed by atoms with Gasteiger partial charge < -0.3 is 9.15 Å². The minimum absolute atomic E-state index is 0.246. The smallest absolute Gasteiger partial charge is 0.336 e. The van der Waals surface area contributed by atoms with Crippen LogP contribution in [0.4, 0.5) is 0 Å².